The lowest BCUT2D eigenvalue weighted by Crippen LogP contribution is -2.30. The van der Waals surface area contributed by atoms with E-state index in [0.29, 0.717) is 0 Å². The van der Waals surface area contributed by atoms with E-state index in [0.717, 1.165) is 6.54 Å². The lowest BCUT2D eigenvalue weighted by Gasteiger charge is -2.13. The predicted molar refractivity (Wildman–Crippen MR) is 60.5 cm³/mol. The smallest absolute Gasteiger partial charge is 0.241 e. The summed E-state index contributed by atoms with van der Waals surface area (Å²) in [6, 6.07) is 0. The highest BCUT2D eigenvalue weighted by atomic mass is 15.1. The van der Waals surface area contributed by atoms with Gasteiger partial charge >= 0.3 is 0 Å². The molecule has 1 aliphatic rings. The van der Waals surface area contributed by atoms with E-state index in [4.69, 9.17) is 0 Å². The number of aromatic nitrogens is 2. The molecule has 1 aromatic heterocycles. The van der Waals surface area contributed by atoms with Gasteiger partial charge in [-0.05, 0) is 51.7 Å². The Labute approximate surface area is 92.1 Å². The standard InChI is InChI=1S/C12H21N3/c1(2-7-14-8-4-5-9-14)3-10-15-11-6-13-12-15/h6,11-12H,1-5,7-10H2/p+1. The van der Waals surface area contributed by atoms with Gasteiger partial charge in [-0.3, -0.25) is 4.98 Å². The van der Waals surface area contributed by atoms with Gasteiger partial charge in [-0.15, -0.1) is 0 Å². The molecular formula is C12H22N3+. The second kappa shape index (κ2) is 5.91. The van der Waals surface area contributed by atoms with Crippen LogP contribution in [0.4, 0.5) is 0 Å². The van der Waals surface area contributed by atoms with Crippen molar-refractivity contribution >= 4 is 0 Å². The SMILES string of the molecule is c1c[n+](CCCCCN2CCCC2)c[nH]1. The Bertz CT molecular complexity index is 250. The summed E-state index contributed by atoms with van der Waals surface area (Å²) in [5, 5.41) is 0. The highest BCUT2D eigenvalue weighted by molar-refractivity contribution is 4.65. The Kier molecular flexibility index (Phi) is 4.21. The Hall–Kier alpha value is -0.830. The van der Waals surface area contributed by atoms with E-state index in [1.807, 2.05) is 12.5 Å². The molecule has 84 valence electrons. The first-order valence-corrected chi connectivity index (χ1v) is 6.19. The van der Waals surface area contributed by atoms with E-state index >= 15 is 0 Å². The summed E-state index contributed by atoms with van der Waals surface area (Å²) in [5.41, 5.74) is 0. The summed E-state index contributed by atoms with van der Waals surface area (Å²) in [5.74, 6) is 0. The average Bonchev–Trinajstić information content (AvgIpc) is 2.88. The minimum Gasteiger partial charge on any atom is -0.303 e. The van der Waals surface area contributed by atoms with Gasteiger partial charge < -0.3 is 4.90 Å². The summed E-state index contributed by atoms with van der Waals surface area (Å²) >= 11 is 0. The molecule has 0 aromatic carbocycles. The van der Waals surface area contributed by atoms with Crippen LogP contribution in [0.25, 0.3) is 0 Å². The van der Waals surface area contributed by atoms with E-state index in [-0.39, 0.29) is 0 Å². The maximum atomic E-state index is 3.07. The van der Waals surface area contributed by atoms with Crippen LogP contribution < -0.4 is 4.57 Å². The maximum Gasteiger partial charge on any atom is 0.241 e. The summed E-state index contributed by atoms with van der Waals surface area (Å²) in [6.07, 6.45) is 13.0. The molecule has 0 spiro atoms. The molecule has 2 heterocycles. The van der Waals surface area contributed by atoms with E-state index in [9.17, 15) is 0 Å². The molecule has 1 N–H and O–H groups in total. The fourth-order valence-corrected chi connectivity index (χ4v) is 2.27. The second-order valence-electron chi connectivity index (χ2n) is 4.46. The number of hydrogen-bond acceptors (Lipinski definition) is 1. The predicted octanol–water partition coefficient (Wildman–Crippen LogP) is 1.57. The fraction of sp³-hybridized carbons (Fsp3) is 0.750. The van der Waals surface area contributed by atoms with Crippen LogP contribution in [0.5, 0.6) is 0 Å². The molecule has 0 bridgehead atoms. The molecule has 0 unspecified atom stereocenters. The zero-order valence-electron chi connectivity index (χ0n) is 9.49. The second-order valence-corrected chi connectivity index (χ2v) is 4.46. The van der Waals surface area contributed by atoms with Gasteiger partial charge in [0.2, 0.25) is 6.33 Å². The van der Waals surface area contributed by atoms with Crippen molar-refractivity contribution < 1.29 is 4.57 Å². The van der Waals surface area contributed by atoms with Crippen LogP contribution in [0.2, 0.25) is 0 Å². The molecular weight excluding hydrogens is 186 g/mol. The van der Waals surface area contributed by atoms with Crippen molar-refractivity contribution in [1.29, 1.82) is 0 Å². The molecule has 0 radical (unpaired) electrons. The molecule has 0 aliphatic carbocycles. The van der Waals surface area contributed by atoms with Crippen molar-refractivity contribution in [3.05, 3.63) is 18.7 Å². The zero-order chi connectivity index (χ0) is 10.3. The first kappa shape index (κ1) is 10.7. The van der Waals surface area contributed by atoms with Crippen LogP contribution in [0, 0.1) is 0 Å². The van der Waals surface area contributed by atoms with E-state index < -0.39 is 0 Å². The number of nitrogens with one attached hydrogen (secondary N) is 1. The Morgan fingerprint density at radius 3 is 2.73 bits per heavy atom. The molecule has 0 amide bonds. The molecule has 1 fully saturated rings. The third-order valence-electron chi connectivity index (χ3n) is 3.19. The van der Waals surface area contributed by atoms with Gasteiger partial charge in [-0.2, -0.15) is 0 Å². The summed E-state index contributed by atoms with van der Waals surface area (Å²) in [6.45, 7) is 5.15. The van der Waals surface area contributed by atoms with Crippen LogP contribution >= 0.6 is 0 Å². The van der Waals surface area contributed by atoms with Crippen LogP contribution in [-0.4, -0.2) is 29.5 Å². The van der Waals surface area contributed by atoms with Gasteiger partial charge in [-0.1, -0.05) is 0 Å². The molecule has 1 aromatic rings. The van der Waals surface area contributed by atoms with Gasteiger partial charge in [0.15, 0.2) is 0 Å². The van der Waals surface area contributed by atoms with Crippen LogP contribution in [-0.2, 0) is 6.54 Å². The van der Waals surface area contributed by atoms with Gasteiger partial charge in [0.25, 0.3) is 0 Å². The van der Waals surface area contributed by atoms with Crippen molar-refractivity contribution in [2.75, 3.05) is 19.6 Å². The number of H-pyrrole nitrogens is 1. The first-order valence-electron chi connectivity index (χ1n) is 6.19. The maximum absolute atomic E-state index is 3.07. The van der Waals surface area contributed by atoms with Gasteiger partial charge in [0.05, 0.1) is 6.54 Å². The minimum atomic E-state index is 1.16. The van der Waals surface area contributed by atoms with Crippen LogP contribution in [0.1, 0.15) is 32.1 Å². The summed E-state index contributed by atoms with van der Waals surface area (Å²) in [7, 11) is 0. The zero-order valence-corrected chi connectivity index (χ0v) is 9.49. The molecule has 3 heteroatoms. The molecule has 15 heavy (non-hydrogen) atoms. The summed E-state index contributed by atoms with van der Waals surface area (Å²) in [4.78, 5) is 5.67. The quantitative estimate of drug-likeness (QED) is 0.556. The number of aryl methyl sites for hydroxylation is 1. The molecule has 1 aliphatic heterocycles. The topological polar surface area (TPSA) is 22.9 Å². The molecule has 2 rings (SSSR count). The Balaban J connectivity index is 1.48. The van der Waals surface area contributed by atoms with Crippen molar-refractivity contribution in [1.82, 2.24) is 9.88 Å². The van der Waals surface area contributed by atoms with Gasteiger partial charge in [-0.25, -0.2) is 4.57 Å². The minimum absolute atomic E-state index is 1.16. The van der Waals surface area contributed by atoms with Gasteiger partial charge in [0, 0.05) is 0 Å². The van der Waals surface area contributed by atoms with Gasteiger partial charge in [0.1, 0.15) is 12.4 Å². The number of likely N-dealkylation sites (tertiary alicyclic amines) is 1. The molecule has 1 saturated heterocycles. The van der Waals surface area contributed by atoms with Crippen molar-refractivity contribution in [3.8, 4) is 0 Å². The van der Waals surface area contributed by atoms with Crippen LogP contribution in [0.15, 0.2) is 18.7 Å². The molecule has 0 atom stereocenters. The number of unbranched alkanes of at least 4 members (excludes halogenated alkanes) is 2. The lowest BCUT2D eigenvalue weighted by atomic mass is 10.2. The average molecular weight is 208 g/mol. The van der Waals surface area contributed by atoms with E-state index in [1.54, 1.807) is 0 Å². The Morgan fingerprint density at radius 1 is 1.13 bits per heavy atom. The lowest BCUT2D eigenvalue weighted by molar-refractivity contribution is -0.696. The normalized spacial score (nSPS) is 17.3. The first-order chi connectivity index (χ1) is 7.45. The third kappa shape index (κ3) is 3.67. The van der Waals surface area contributed by atoms with E-state index in [2.05, 4.69) is 20.6 Å². The number of aromatic amines is 1. The third-order valence-corrected chi connectivity index (χ3v) is 3.19. The van der Waals surface area contributed by atoms with Crippen molar-refractivity contribution in [2.45, 2.75) is 38.6 Å². The number of imidazole rings is 1. The van der Waals surface area contributed by atoms with Crippen LogP contribution in [0.3, 0.4) is 0 Å². The Morgan fingerprint density at radius 2 is 2.00 bits per heavy atom. The molecule has 0 saturated carbocycles. The van der Waals surface area contributed by atoms with Crippen molar-refractivity contribution in [2.24, 2.45) is 0 Å². The van der Waals surface area contributed by atoms with Crippen molar-refractivity contribution in [3.63, 3.8) is 0 Å². The number of hydrogen-bond donors (Lipinski definition) is 1. The summed E-state index contributed by atoms with van der Waals surface area (Å²) < 4.78 is 2.22. The largest absolute Gasteiger partial charge is 0.303 e. The molecule has 3 nitrogen and oxygen atoms in total. The number of nitrogens with zero attached hydrogens (tertiary/aromatic N) is 2. The fourth-order valence-electron chi connectivity index (χ4n) is 2.27. The number of rotatable bonds is 6. The monoisotopic (exact) mass is 208 g/mol. The highest BCUT2D eigenvalue weighted by Gasteiger charge is 2.09. The highest BCUT2D eigenvalue weighted by Crippen LogP contribution is 2.08. The van der Waals surface area contributed by atoms with E-state index in [1.165, 1.54) is 51.7 Å².